The zero-order chi connectivity index (χ0) is 13.7. The van der Waals surface area contributed by atoms with Crippen LogP contribution in [0.2, 0.25) is 0 Å². The van der Waals surface area contributed by atoms with Crippen molar-refractivity contribution in [3.05, 3.63) is 58.3 Å². The van der Waals surface area contributed by atoms with Crippen molar-refractivity contribution in [3.8, 4) is 5.75 Å². The zero-order valence-corrected chi connectivity index (χ0v) is 10.6. The van der Waals surface area contributed by atoms with Gasteiger partial charge in [0.15, 0.2) is 5.78 Å². The molecule has 0 unspecified atom stereocenters. The van der Waals surface area contributed by atoms with Gasteiger partial charge in [0, 0.05) is 5.56 Å². The maximum absolute atomic E-state index is 12.2. The van der Waals surface area contributed by atoms with E-state index >= 15 is 0 Å². The molecule has 0 fully saturated rings. The normalized spacial score (nSPS) is 11.1. The quantitative estimate of drug-likeness (QED) is 0.604. The number of halogens is 2. The standard InChI is InChI=1S/C14H10F2O2S/c15-14(16)18-12-5-2-1-4-10(12)7-8-11(17)13-6-3-9-19-13/h1-9,14H/b8-7+. The van der Waals surface area contributed by atoms with Crippen molar-refractivity contribution in [2.75, 3.05) is 0 Å². The van der Waals surface area contributed by atoms with Gasteiger partial charge in [0.1, 0.15) is 5.75 Å². The Kier molecular flexibility index (Phi) is 4.41. The third-order valence-electron chi connectivity index (χ3n) is 2.31. The van der Waals surface area contributed by atoms with Crippen LogP contribution in [-0.2, 0) is 0 Å². The summed E-state index contributed by atoms with van der Waals surface area (Å²) in [4.78, 5) is 12.3. The van der Waals surface area contributed by atoms with Crippen LogP contribution in [0.15, 0.2) is 47.9 Å². The fraction of sp³-hybridized carbons (Fsp3) is 0.0714. The average Bonchev–Trinajstić information content (AvgIpc) is 2.90. The molecule has 0 bridgehead atoms. The first kappa shape index (κ1) is 13.4. The number of carbonyl (C=O) groups is 1. The minimum atomic E-state index is -2.89. The van der Waals surface area contributed by atoms with Crippen LogP contribution in [0.3, 0.4) is 0 Å². The molecule has 0 atom stereocenters. The maximum Gasteiger partial charge on any atom is 0.387 e. The third-order valence-corrected chi connectivity index (χ3v) is 3.20. The minimum Gasteiger partial charge on any atom is -0.434 e. The zero-order valence-electron chi connectivity index (χ0n) is 9.75. The van der Waals surface area contributed by atoms with Crippen molar-refractivity contribution >= 4 is 23.2 Å². The van der Waals surface area contributed by atoms with Crippen LogP contribution in [0, 0.1) is 0 Å². The van der Waals surface area contributed by atoms with Crippen molar-refractivity contribution in [3.63, 3.8) is 0 Å². The Morgan fingerprint density at radius 2 is 2.00 bits per heavy atom. The second-order valence-electron chi connectivity index (χ2n) is 3.59. The van der Waals surface area contributed by atoms with E-state index < -0.39 is 6.61 Å². The average molecular weight is 280 g/mol. The van der Waals surface area contributed by atoms with Crippen LogP contribution in [0.5, 0.6) is 5.75 Å². The van der Waals surface area contributed by atoms with Gasteiger partial charge >= 0.3 is 6.61 Å². The number of carbonyl (C=O) groups excluding carboxylic acids is 1. The summed E-state index contributed by atoms with van der Waals surface area (Å²) in [6.07, 6.45) is 2.82. The smallest absolute Gasteiger partial charge is 0.387 e. The molecular weight excluding hydrogens is 270 g/mol. The molecule has 0 saturated carbocycles. The van der Waals surface area contributed by atoms with Gasteiger partial charge in [-0.1, -0.05) is 24.3 Å². The summed E-state index contributed by atoms with van der Waals surface area (Å²) in [6.45, 7) is -2.89. The molecule has 0 saturated heterocycles. The Morgan fingerprint density at radius 3 is 2.68 bits per heavy atom. The van der Waals surface area contributed by atoms with Crippen molar-refractivity contribution in [1.29, 1.82) is 0 Å². The lowest BCUT2D eigenvalue weighted by Crippen LogP contribution is -2.03. The Morgan fingerprint density at radius 1 is 1.21 bits per heavy atom. The number of hydrogen-bond donors (Lipinski definition) is 0. The van der Waals surface area contributed by atoms with E-state index in [1.807, 2.05) is 0 Å². The maximum atomic E-state index is 12.2. The van der Waals surface area contributed by atoms with Gasteiger partial charge in [-0.25, -0.2) is 0 Å². The van der Waals surface area contributed by atoms with Crippen LogP contribution in [-0.4, -0.2) is 12.4 Å². The third kappa shape index (κ3) is 3.72. The number of hydrogen-bond acceptors (Lipinski definition) is 3. The van der Waals surface area contributed by atoms with Gasteiger partial charge in [0.2, 0.25) is 0 Å². The van der Waals surface area contributed by atoms with E-state index in [4.69, 9.17) is 0 Å². The fourth-order valence-electron chi connectivity index (χ4n) is 1.49. The summed E-state index contributed by atoms with van der Waals surface area (Å²) in [5.74, 6) is -0.116. The van der Waals surface area contributed by atoms with Crippen molar-refractivity contribution < 1.29 is 18.3 Å². The summed E-state index contributed by atoms with van der Waals surface area (Å²) in [7, 11) is 0. The number of alkyl halides is 2. The molecule has 0 radical (unpaired) electrons. The first-order chi connectivity index (χ1) is 9.16. The molecule has 0 aliphatic carbocycles. The molecule has 0 amide bonds. The molecule has 2 rings (SSSR count). The molecule has 0 aliphatic heterocycles. The van der Waals surface area contributed by atoms with Gasteiger partial charge in [-0.05, 0) is 29.7 Å². The highest BCUT2D eigenvalue weighted by Crippen LogP contribution is 2.22. The molecule has 5 heteroatoms. The Balaban J connectivity index is 2.16. The second kappa shape index (κ2) is 6.24. The SMILES string of the molecule is O=C(/C=C/c1ccccc1OC(F)F)c1cccs1. The van der Waals surface area contributed by atoms with E-state index in [9.17, 15) is 13.6 Å². The van der Waals surface area contributed by atoms with Crippen LogP contribution in [0.25, 0.3) is 6.08 Å². The molecule has 2 aromatic rings. The van der Waals surface area contributed by atoms with E-state index in [2.05, 4.69) is 4.74 Å². The van der Waals surface area contributed by atoms with Gasteiger partial charge in [-0.15, -0.1) is 11.3 Å². The predicted molar refractivity (Wildman–Crippen MR) is 70.8 cm³/mol. The van der Waals surface area contributed by atoms with E-state index in [1.54, 1.807) is 35.7 Å². The molecule has 1 aromatic carbocycles. The molecule has 2 nitrogen and oxygen atoms in total. The minimum absolute atomic E-state index is 0.0488. The first-order valence-electron chi connectivity index (χ1n) is 5.46. The highest BCUT2D eigenvalue weighted by atomic mass is 32.1. The van der Waals surface area contributed by atoms with E-state index in [-0.39, 0.29) is 11.5 Å². The molecule has 0 N–H and O–H groups in total. The van der Waals surface area contributed by atoms with Crippen LogP contribution in [0.4, 0.5) is 8.78 Å². The number of ketones is 1. The lowest BCUT2D eigenvalue weighted by Gasteiger charge is -2.06. The number of ether oxygens (including phenoxy) is 1. The van der Waals surface area contributed by atoms with E-state index in [0.29, 0.717) is 10.4 Å². The topological polar surface area (TPSA) is 26.3 Å². The van der Waals surface area contributed by atoms with Crippen LogP contribution in [0.1, 0.15) is 15.2 Å². The predicted octanol–water partition coefficient (Wildman–Crippen LogP) is 4.25. The number of para-hydroxylation sites is 1. The number of allylic oxidation sites excluding steroid dienone is 1. The molecular formula is C14H10F2O2S. The molecule has 1 aromatic heterocycles. The molecule has 1 heterocycles. The van der Waals surface area contributed by atoms with E-state index in [1.165, 1.54) is 29.6 Å². The first-order valence-corrected chi connectivity index (χ1v) is 6.34. The van der Waals surface area contributed by atoms with Gasteiger partial charge in [-0.2, -0.15) is 8.78 Å². The van der Waals surface area contributed by atoms with Gasteiger partial charge in [-0.3, -0.25) is 4.79 Å². The number of thiophene rings is 1. The fourth-order valence-corrected chi connectivity index (χ4v) is 2.13. The Hall–Kier alpha value is -2.01. The second-order valence-corrected chi connectivity index (χ2v) is 4.54. The summed E-state index contributed by atoms with van der Waals surface area (Å²) >= 11 is 1.33. The van der Waals surface area contributed by atoms with Crippen LogP contribution < -0.4 is 4.74 Å². The van der Waals surface area contributed by atoms with Crippen LogP contribution >= 0.6 is 11.3 Å². The summed E-state index contributed by atoms with van der Waals surface area (Å²) < 4.78 is 28.8. The Bertz CT molecular complexity index is 577. The number of benzene rings is 1. The van der Waals surface area contributed by atoms with Gasteiger partial charge in [0.05, 0.1) is 4.88 Å². The van der Waals surface area contributed by atoms with Gasteiger partial charge in [0.25, 0.3) is 0 Å². The highest BCUT2D eigenvalue weighted by Gasteiger charge is 2.08. The lowest BCUT2D eigenvalue weighted by atomic mass is 10.1. The summed E-state index contributed by atoms with van der Waals surface area (Å²) in [5, 5.41) is 1.80. The van der Waals surface area contributed by atoms with Gasteiger partial charge < -0.3 is 4.74 Å². The van der Waals surface area contributed by atoms with Crippen molar-refractivity contribution in [2.24, 2.45) is 0 Å². The van der Waals surface area contributed by atoms with Crippen molar-refractivity contribution in [1.82, 2.24) is 0 Å². The largest absolute Gasteiger partial charge is 0.434 e. The lowest BCUT2D eigenvalue weighted by molar-refractivity contribution is -0.0499. The summed E-state index contributed by atoms with van der Waals surface area (Å²) in [6, 6.07) is 9.81. The van der Waals surface area contributed by atoms with E-state index in [0.717, 1.165) is 0 Å². The Labute approximate surface area is 113 Å². The molecule has 98 valence electrons. The molecule has 0 spiro atoms. The van der Waals surface area contributed by atoms with Crippen molar-refractivity contribution in [2.45, 2.75) is 6.61 Å². The summed E-state index contributed by atoms with van der Waals surface area (Å²) in [5.41, 5.74) is 0.438. The molecule has 0 aliphatic rings. The highest BCUT2D eigenvalue weighted by molar-refractivity contribution is 7.12. The monoisotopic (exact) mass is 280 g/mol. The number of rotatable bonds is 5. The molecule has 19 heavy (non-hydrogen) atoms.